The van der Waals surface area contributed by atoms with Gasteiger partial charge in [-0.3, -0.25) is 9.59 Å². The van der Waals surface area contributed by atoms with Crippen molar-refractivity contribution in [3.05, 3.63) is 0 Å². The number of hydrogen-bond acceptors (Lipinski definition) is 2. The van der Waals surface area contributed by atoms with Crippen LogP contribution in [0.1, 0.15) is 58.3 Å². The van der Waals surface area contributed by atoms with Crippen LogP contribution in [0.3, 0.4) is 0 Å². The molecule has 24 heavy (non-hydrogen) atoms. The van der Waals surface area contributed by atoms with E-state index in [4.69, 9.17) is 0 Å². The number of piperidine rings is 1. The second kappa shape index (κ2) is 6.34. The zero-order valence-electron chi connectivity index (χ0n) is 15.2. The van der Waals surface area contributed by atoms with Crippen LogP contribution in [0.25, 0.3) is 0 Å². The molecule has 0 aromatic rings. The van der Waals surface area contributed by atoms with Crippen LogP contribution in [0.15, 0.2) is 0 Å². The summed E-state index contributed by atoms with van der Waals surface area (Å²) < 4.78 is 0. The van der Waals surface area contributed by atoms with E-state index in [2.05, 4.69) is 11.9 Å². The molecule has 4 nitrogen and oxygen atoms in total. The molecule has 5 aliphatic rings. The lowest BCUT2D eigenvalue weighted by Crippen LogP contribution is -2.58. The highest BCUT2D eigenvalue weighted by Crippen LogP contribution is 2.55. The number of carbonyl (C=O) groups is 2. The van der Waals surface area contributed by atoms with E-state index in [0.717, 1.165) is 43.1 Å². The topological polar surface area (TPSA) is 40.6 Å². The fourth-order valence-corrected chi connectivity index (χ4v) is 6.59. The minimum atomic E-state index is 0.0245. The largest absolute Gasteiger partial charge is 0.342 e. The maximum atomic E-state index is 13.2. The highest BCUT2D eigenvalue weighted by atomic mass is 16.2. The van der Waals surface area contributed by atoms with Crippen molar-refractivity contribution in [2.75, 3.05) is 20.1 Å². The fourth-order valence-electron chi connectivity index (χ4n) is 6.59. The Hall–Kier alpha value is -1.06. The van der Waals surface area contributed by atoms with Crippen LogP contribution in [0, 0.1) is 29.6 Å². The summed E-state index contributed by atoms with van der Waals surface area (Å²) in [5.74, 6) is 3.90. The number of nitrogens with zero attached hydrogens (tertiary/aromatic N) is 2. The van der Waals surface area contributed by atoms with Gasteiger partial charge in [-0.25, -0.2) is 0 Å². The standard InChI is InChI=1S/C20H32N2O2/c1-3-18(23)22-6-4-5-15(12-22)20(24)21(2)19-16-8-13-7-14(10-16)11-17(19)9-13/h13-17,19H,3-12H2,1-2H3. The molecule has 4 heteroatoms. The molecule has 0 spiro atoms. The lowest BCUT2D eigenvalue weighted by Gasteiger charge is -2.57. The Morgan fingerprint density at radius 2 is 1.67 bits per heavy atom. The van der Waals surface area contributed by atoms with Crippen LogP contribution in [-0.2, 0) is 9.59 Å². The molecule has 5 rings (SSSR count). The van der Waals surface area contributed by atoms with Crippen molar-refractivity contribution < 1.29 is 9.59 Å². The van der Waals surface area contributed by atoms with Crippen molar-refractivity contribution in [2.45, 2.75) is 64.3 Å². The zero-order chi connectivity index (χ0) is 16.8. The van der Waals surface area contributed by atoms with E-state index in [9.17, 15) is 9.59 Å². The lowest BCUT2D eigenvalue weighted by atomic mass is 9.54. The summed E-state index contributed by atoms with van der Waals surface area (Å²) >= 11 is 0. The van der Waals surface area contributed by atoms with Crippen molar-refractivity contribution >= 4 is 11.8 Å². The van der Waals surface area contributed by atoms with Gasteiger partial charge >= 0.3 is 0 Å². The van der Waals surface area contributed by atoms with Gasteiger partial charge in [0.1, 0.15) is 0 Å². The molecule has 0 N–H and O–H groups in total. The van der Waals surface area contributed by atoms with Crippen LogP contribution in [-0.4, -0.2) is 47.8 Å². The molecule has 4 bridgehead atoms. The molecule has 1 aliphatic heterocycles. The van der Waals surface area contributed by atoms with Gasteiger partial charge in [0.15, 0.2) is 0 Å². The molecule has 1 unspecified atom stereocenters. The van der Waals surface area contributed by atoms with Gasteiger partial charge in [-0.1, -0.05) is 6.92 Å². The van der Waals surface area contributed by atoms with E-state index < -0.39 is 0 Å². The lowest BCUT2D eigenvalue weighted by molar-refractivity contribution is -0.148. The van der Waals surface area contributed by atoms with E-state index in [1.54, 1.807) is 0 Å². The minimum absolute atomic E-state index is 0.0245. The smallest absolute Gasteiger partial charge is 0.227 e. The van der Waals surface area contributed by atoms with Crippen LogP contribution >= 0.6 is 0 Å². The maximum absolute atomic E-state index is 13.2. The first-order chi connectivity index (χ1) is 11.6. The quantitative estimate of drug-likeness (QED) is 0.797. The maximum Gasteiger partial charge on any atom is 0.227 e. The number of amides is 2. The van der Waals surface area contributed by atoms with Gasteiger partial charge in [0, 0.05) is 32.6 Å². The van der Waals surface area contributed by atoms with Gasteiger partial charge in [0.05, 0.1) is 5.92 Å². The van der Waals surface area contributed by atoms with Crippen molar-refractivity contribution in [3.8, 4) is 0 Å². The Morgan fingerprint density at radius 1 is 1.04 bits per heavy atom. The molecule has 1 atom stereocenters. The Kier molecular flexibility index (Phi) is 4.34. The zero-order valence-corrected chi connectivity index (χ0v) is 15.2. The second-order valence-corrected chi connectivity index (χ2v) is 8.90. The van der Waals surface area contributed by atoms with Crippen LogP contribution in [0.4, 0.5) is 0 Å². The minimum Gasteiger partial charge on any atom is -0.342 e. The number of likely N-dealkylation sites (tertiary alicyclic amines) is 1. The van der Waals surface area contributed by atoms with Gasteiger partial charge in [-0.15, -0.1) is 0 Å². The third kappa shape index (κ3) is 2.76. The van der Waals surface area contributed by atoms with Gasteiger partial charge in [-0.2, -0.15) is 0 Å². The predicted octanol–water partition coefficient (Wildman–Crippen LogP) is 2.92. The summed E-state index contributed by atoms with van der Waals surface area (Å²) in [6.45, 7) is 3.38. The van der Waals surface area contributed by atoms with E-state index >= 15 is 0 Å². The van der Waals surface area contributed by atoms with Gasteiger partial charge in [0.25, 0.3) is 0 Å². The summed E-state index contributed by atoms with van der Waals surface area (Å²) in [7, 11) is 2.05. The molecule has 4 aliphatic carbocycles. The van der Waals surface area contributed by atoms with Crippen molar-refractivity contribution in [3.63, 3.8) is 0 Å². The van der Waals surface area contributed by atoms with Crippen molar-refractivity contribution in [1.29, 1.82) is 0 Å². The van der Waals surface area contributed by atoms with Gasteiger partial charge in [0.2, 0.25) is 11.8 Å². The van der Waals surface area contributed by atoms with Crippen LogP contribution in [0.2, 0.25) is 0 Å². The molecule has 1 saturated heterocycles. The molecule has 0 aromatic carbocycles. The molecule has 2 amide bonds. The predicted molar refractivity (Wildman–Crippen MR) is 93.2 cm³/mol. The number of hydrogen-bond donors (Lipinski definition) is 0. The first kappa shape index (κ1) is 16.4. The molecule has 0 radical (unpaired) electrons. The fraction of sp³-hybridized carbons (Fsp3) is 0.900. The number of carbonyl (C=O) groups excluding carboxylic acids is 2. The van der Waals surface area contributed by atoms with Gasteiger partial charge < -0.3 is 9.80 Å². The van der Waals surface area contributed by atoms with Crippen molar-refractivity contribution in [1.82, 2.24) is 9.80 Å². The Labute approximate surface area is 145 Å². The molecular formula is C20H32N2O2. The van der Waals surface area contributed by atoms with E-state index in [-0.39, 0.29) is 11.8 Å². The Bertz CT molecular complexity index is 490. The SMILES string of the molecule is CCC(=O)N1CCCC(C(=O)N(C)C2C3CC4CC(C3)CC2C4)C1. The van der Waals surface area contributed by atoms with E-state index in [0.29, 0.717) is 24.9 Å². The van der Waals surface area contributed by atoms with Crippen LogP contribution < -0.4 is 0 Å². The molecule has 134 valence electrons. The second-order valence-electron chi connectivity index (χ2n) is 8.90. The van der Waals surface area contributed by atoms with Crippen LogP contribution in [0.5, 0.6) is 0 Å². The normalized spacial score (nSPS) is 40.7. The summed E-state index contributed by atoms with van der Waals surface area (Å²) in [6, 6.07) is 0.475. The van der Waals surface area contributed by atoms with E-state index in [1.165, 1.54) is 32.1 Å². The monoisotopic (exact) mass is 332 g/mol. The summed E-state index contributed by atoms with van der Waals surface area (Å²) in [4.78, 5) is 29.2. The van der Waals surface area contributed by atoms with Crippen molar-refractivity contribution in [2.24, 2.45) is 29.6 Å². The summed E-state index contributed by atoms with van der Waals surface area (Å²) in [5, 5.41) is 0. The highest BCUT2D eigenvalue weighted by molar-refractivity contribution is 5.81. The average Bonchev–Trinajstić information content (AvgIpc) is 2.59. The first-order valence-electron chi connectivity index (χ1n) is 10.1. The molecule has 1 heterocycles. The van der Waals surface area contributed by atoms with Gasteiger partial charge in [-0.05, 0) is 68.6 Å². The third-order valence-electron chi connectivity index (χ3n) is 7.40. The summed E-state index contributed by atoms with van der Waals surface area (Å²) in [6.07, 6.45) is 9.31. The molecule has 5 fully saturated rings. The Morgan fingerprint density at radius 3 is 2.25 bits per heavy atom. The molecule has 0 aromatic heterocycles. The highest BCUT2D eigenvalue weighted by Gasteiger charge is 2.50. The first-order valence-corrected chi connectivity index (χ1v) is 10.1. The Balaban J connectivity index is 1.43. The number of rotatable bonds is 3. The average molecular weight is 332 g/mol. The molecule has 4 saturated carbocycles. The third-order valence-corrected chi connectivity index (χ3v) is 7.40. The summed E-state index contributed by atoms with van der Waals surface area (Å²) in [5.41, 5.74) is 0. The molecular weight excluding hydrogens is 300 g/mol. The van der Waals surface area contributed by atoms with E-state index in [1.807, 2.05) is 11.8 Å².